The summed E-state index contributed by atoms with van der Waals surface area (Å²) < 4.78 is 5.28. The molecule has 2 aliphatic carbocycles. The van der Waals surface area contributed by atoms with E-state index in [1.54, 1.807) is 0 Å². The van der Waals surface area contributed by atoms with Gasteiger partial charge in [0.05, 0.1) is 33.1 Å². The van der Waals surface area contributed by atoms with Gasteiger partial charge in [0.2, 0.25) is 0 Å². The average molecular weight is 907 g/mol. The average Bonchev–Trinajstić information content (AvgIpc) is 4.18. The van der Waals surface area contributed by atoms with Crippen LogP contribution in [0.1, 0.15) is 0 Å². The molecule has 0 N–H and O–H groups in total. The summed E-state index contributed by atoms with van der Waals surface area (Å²) in [4.78, 5) is 0. The first-order valence-corrected chi connectivity index (χ1v) is 25.2. The van der Waals surface area contributed by atoms with Crippen LogP contribution in [0.25, 0.3) is 176 Å². The second-order valence-corrected chi connectivity index (χ2v) is 20.2. The molecule has 2 aliphatic rings. The number of aromatic nitrogens is 2. The molecule has 0 aliphatic heterocycles. The summed E-state index contributed by atoms with van der Waals surface area (Å²) in [6.07, 6.45) is 0. The van der Waals surface area contributed by atoms with Crippen LogP contribution in [0, 0.1) is 0 Å². The van der Waals surface area contributed by atoms with Crippen molar-refractivity contribution in [1.29, 1.82) is 0 Å². The Morgan fingerprint density at radius 3 is 0.694 bits per heavy atom. The van der Waals surface area contributed by atoms with E-state index < -0.39 is 0 Å². The van der Waals surface area contributed by atoms with Gasteiger partial charge in [0.25, 0.3) is 0 Å². The van der Waals surface area contributed by atoms with E-state index in [1.807, 2.05) is 0 Å². The number of rotatable bonds is 0. The van der Waals surface area contributed by atoms with Gasteiger partial charge in [-0.2, -0.15) is 0 Å². The summed E-state index contributed by atoms with van der Waals surface area (Å²) in [5.41, 5.74) is 27.8. The fraction of sp³-hybridized carbons (Fsp3) is 0. The third kappa shape index (κ3) is 4.45. The van der Waals surface area contributed by atoms with E-state index in [0.29, 0.717) is 0 Å². The zero-order chi connectivity index (χ0) is 46.5. The maximum atomic E-state index is 2.64. The summed E-state index contributed by atoms with van der Waals surface area (Å²) >= 11 is 0. The number of para-hydroxylation sites is 2. The number of benzene rings is 12. The van der Waals surface area contributed by atoms with Crippen LogP contribution in [0.4, 0.5) is 0 Å². The highest BCUT2D eigenvalue weighted by atomic mass is 14.9. The lowest BCUT2D eigenvalue weighted by atomic mass is 9.80. The van der Waals surface area contributed by atoms with Crippen LogP contribution < -0.4 is 0 Å². The van der Waals surface area contributed by atoms with Gasteiger partial charge >= 0.3 is 0 Å². The number of hydrogen-bond donors (Lipinski definition) is 0. The Morgan fingerprint density at radius 2 is 0.389 bits per heavy atom. The molecule has 0 atom stereocenters. The number of hydrogen-bond acceptors (Lipinski definition) is 0. The number of fused-ring (bicyclic) bond motifs is 32. The standard InChI is InChI=1S/C70H38N2/c1-3-19-41-39(17-1)43-21-5-9-25-47(43)57-35-61-53-31-15-33-55-65-66-56-34-16-32-54-62-36-58-48-26-10-6-22-44(48)40-18-2-4-20-42(40)46-24-8-12-28-50(46)60(58)38-64(62)72(68(54)56)70(66)52-30-14-13-29-51(52)69(65)71(67(53)55)63(61)37-59(57)49-27-11-7-23-45(41)49/h1-38H. The molecule has 4 heterocycles. The van der Waals surface area contributed by atoms with Crippen molar-refractivity contribution < 1.29 is 0 Å². The summed E-state index contributed by atoms with van der Waals surface area (Å²) in [6, 6.07) is 87.3. The van der Waals surface area contributed by atoms with Gasteiger partial charge in [0.1, 0.15) is 0 Å². The van der Waals surface area contributed by atoms with E-state index in [0.717, 1.165) is 0 Å². The molecular weight excluding hydrogens is 869 g/mol. The molecule has 0 saturated heterocycles. The quantitative estimate of drug-likeness (QED) is 0.143. The Morgan fingerprint density at radius 1 is 0.167 bits per heavy atom. The highest BCUT2D eigenvalue weighted by molar-refractivity contribution is 6.42. The van der Waals surface area contributed by atoms with E-state index >= 15 is 0 Å². The molecule has 16 aromatic rings. The topological polar surface area (TPSA) is 8.82 Å². The Kier molecular flexibility index (Phi) is 6.87. The fourth-order valence-corrected chi connectivity index (χ4v) is 14.1. The largest absolute Gasteiger partial charge is 0.307 e. The van der Waals surface area contributed by atoms with Crippen LogP contribution >= 0.6 is 0 Å². The number of nitrogens with zero attached hydrogens (tertiary/aromatic N) is 2. The van der Waals surface area contributed by atoms with Gasteiger partial charge in [0.15, 0.2) is 0 Å². The summed E-state index contributed by atoms with van der Waals surface area (Å²) in [6.45, 7) is 0. The Hall–Kier alpha value is -9.50. The maximum absolute atomic E-state index is 2.64. The van der Waals surface area contributed by atoms with Gasteiger partial charge in [-0.15, -0.1) is 0 Å². The molecule has 2 nitrogen and oxygen atoms in total. The first-order valence-electron chi connectivity index (χ1n) is 25.2. The van der Waals surface area contributed by atoms with Gasteiger partial charge in [-0.25, -0.2) is 0 Å². The normalized spacial score (nSPS) is 12.7. The highest BCUT2D eigenvalue weighted by Gasteiger charge is 2.30. The molecule has 0 bridgehead atoms. The molecule has 2 heteroatoms. The molecule has 328 valence electrons. The van der Waals surface area contributed by atoms with Crippen LogP contribution in [0.3, 0.4) is 0 Å². The predicted octanol–water partition coefficient (Wildman–Crippen LogP) is 19.1. The highest BCUT2D eigenvalue weighted by Crippen LogP contribution is 2.55. The van der Waals surface area contributed by atoms with Gasteiger partial charge in [-0.1, -0.05) is 206 Å². The van der Waals surface area contributed by atoms with E-state index in [-0.39, 0.29) is 0 Å². The molecule has 18 rings (SSSR count). The molecule has 0 radical (unpaired) electrons. The minimum absolute atomic E-state index is 1.24. The van der Waals surface area contributed by atoms with Crippen LogP contribution in [0.2, 0.25) is 0 Å². The molecule has 12 aromatic carbocycles. The minimum Gasteiger partial charge on any atom is -0.307 e. The van der Waals surface area contributed by atoms with Crippen molar-refractivity contribution in [2.75, 3.05) is 0 Å². The molecule has 4 aromatic heterocycles. The van der Waals surface area contributed by atoms with Gasteiger partial charge in [-0.05, 0) is 113 Å². The van der Waals surface area contributed by atoms with Crippen molar-refractivity contribution in [2.24, 2.45) is 0 Å². The Balaban J connectivity index is 1.00. The SMILES string of the molecule is c1ccc2c(c1)-c1ccccc1-c1cc3c4cccc5c6c7c8cccc9c%10cc%11c(cc%10n(c98)c7c7ccccc7c6n(c3cc1-c1ccccc1-2)c45)-c1ccccc1-c1ccccc1-c1ccccc1-%11. The van der Waals surface area contributed by atoms with Crippen LogP contribution in [-0.4, -0.2) is 8.80 Å². The molecule has 0 unspecified atom stereocenters. The van der Waals surface area contributed by atoms with Gasteiger partial charge < -0.3 is 8.80 Å². The molecule has 0 amide bonds. The molecule has 72 heavy (non-hydrogen) atoms. The second-order valence-electron chi connectivity index (χ2n) is 20.2. The summed E-state index contributed by atoms with van der Waals surface area (Å²) in [5, 5.41) is 12.9. The van der Waals surface area contributed by atoms with Crippen molar-refractivity contribution in [3.05, 3.63) is 231 Å². The van der Waals surface area contributed by atoms with E-state index in [2.05, 4.69) is 239 Å². The van der Waals surface area contributed by atoms with Crippen molar-refractivity contribution >= 4 is 87.0 Å². The van der Waals surface area contributed by atoms with Crippen molar-refractivity contribution in [1.82, 2.24) is 8.80 Å². The zero-order valence-corrected chi connectivity index (χ0v) is 38.8. The summed E-state index contributed by atoms with van der Waals surface area (Å²) in [7, 11) is 0. The monoisotopic (exact) mass is 906 g/mol. The lowest BCUT2D eigenvalue weighted by molar-refractivity contribution is 1.37. The summed E-state index contributed by atoms with van der Waals surface area (Å²) in [5.74, 6) is 0. The minimum atomic E-state index is 1.24. The maximum Gasteiger partial charge on any atom is 0.0627 e. The molecule has 0 fully saturated rings. The van der Waals surface area contributed by atoms with Crippen molar-refractivity contribution in [3.8, 4) is 89.0 Å². The van der Waals surface area contributed by atoms with E-state index in [9.17, 15) is 0 Å². The first kappa shape index (κ1) is 37.4. The van der Waals surface area contributed by atoms with Gasteiger partial charge in [0, 0.05) is 53.9 Å². The lowest BCUT2D eigenvalue weighted by Crippen LogP contribution is -1.97. The third-order valence-corrected chi connectivity index (χ3v) is 16.9. The third-order valence-electron chi connectivity index (χ3n) is 16.9. The van der Waals surface area contributed by atoms with Crippen LogP contribution in [-0.2, 0) is 0 Å². The van der Waals surface area contributed by atoms with Crippen LogP contribution in [0.5, 0.6) is 0 Å². The first-order chi connectivity index (χ1) is 35.8. The molecular formula is C70H38N2. The van der Waals surface area contributed by atoms with E-state index in [1.165, 1.54) is 176 Å². The van der Waals surface area contributed by atoms with Crippen molar-refractivity contribution in [3.63, 3.8) is 0 Å². The Labute approximate surface area is 413 Å². The fourth-order valence-electron chi connectivity index (χ4n) is 14.1. The zero-order valence-electron chi connectivity index (χ0n) is 38.8. The van der Waals surface area contributed by atoms with Crippen molar-refractivity contribution in [2.45, 2.75) is 0 Å². The predicted molar refractivity (Wildman–Crippen MR) is 304 cm³/mol. The lowest BCUT2D eigenvalue weighted by Gasteiger charge is -2.23. The smallest absolute Gasteiger partial charge is 0.0627 e. The molecule has 0 saturated carbocycles. The van der Waals surface area contributed by atoms with E-state index in [4.69, 9.17) is 0 Å². The van der Waals surface area contributed by atoms with Gasteiger partial charge in [-0.3, -0.25) is 0 Å². The van der Waals surface area contributed by atoms with Crippen LogP contribution in [0.15, 0.2) is 231 Å². The molecule has 0 spiro atoms. The Bertz CT molecular complexity index is 4780. The second kappa shape index (κ2) is 13.2.